The second-order valence-corrected chi connectivity index (χ2v) is 4.72. The van der Waals surface area contributed by atoms with Crippen LogP contribution in [0.4, 0.5) is 0 Å². The van der Waals surface area contributed by atoms with Gasteiger partial charge in [-0.3, -0.25) is 4.79 Å². The van der Waals surface area contributed by atoms with Gasteiger partial charge in [0.1, 0.15) is 5.75 Å². The Morgan fingerprint density at radius 3 is 2.76 bits per heavy atom. The summed E-state index contributed by atoms with van der Waals surface area (Å²) in [6.45, 7) is 4.07. The number of amides is 1. The first-order chi connectivity index (χ1) is 7.85. The fourth-order valence-electron chi connectivity index (χ4n) is 1.15. The third-order valence-electron chi connectivity index (χ3n) is 2.42. The van der Waals surface area contributed by atoms with Gasteiger partial charge in [0.2, 0.25) is 0 Å². The number of nitrogens with one attached hydrogen (secondary N) is 1. The zero-order chi connectivity index (χ0) is 13.1. The molecule has 0 bridgehead atoms. The van der Waals surface area contributed by atoms with Gasteiger partial charge in [0, 0.05) is 13.7 Å². The summed E-state index contributed by atoms with van der Waals surface area (Å²) in [5, 5.41) is 12.3. The average molecular weight is 258 g/mol. The Labute approximate surface area is 106 Å². The van der Waals surface area contributed by atoms with Gasteiger partial charge in [-0.2, -0.15) is 0 Å². The van der Waals surface area contributed by atoms with Crippen LogP contribution in [0.15, 0.2) is 18.2 Å². The Balaban J connectivity index is 2.74. The van der Waals surface area contributed by atoms with Crippen LogP contribution in [0, 0.1) is 0 Å². The molecule has 0 aliphatic heterocycles. The van der Waals surface area contributed by atoms with Crippen LogP contribution in [0.5, 0.6) is 5.75 Å². The van der Waals surface area contributed by atoms with E-state index in [2.05, 4.69) is 5.32 Å². The first kappa shape index (κ1) is 13.8. The molecule has 1 aromatic carbocycles. The second-order valence-electron chi connectivity index (χ2n) is 4.31. The van der Waals surface area contributed by atoms with Gasteiger partial charge in [-0.05, 0) is 32.0 Å². The van der Waals surface area contributed by atoms with Gasteiger partial charge in [0.05, 0.1) is 16.2 Å². The molecule has 0 aliphatic carbocycles. The number of methoxy groups -OCH3 is 1. The molecule has 1 amide bonds. The van der Waals surface area contributed by atoms with Crippen molar-refractivity contribution in [3.8, 4) is 5.75 Å². The lowest BCUT2D eigenvalue weighted by Crippen LogP contribution is -2.39. The number of aromatic hydroxyl groups is 1. The third-order valence-corrected chi connectivity index (χ3v) is 2.75. The van der Waals surface area contributed by atoms with Crippen LogP contribution < -0.4 is 5.32 Å². The average Bonchev–Trinajstić information content (AvgIpc) is 2.29. The number of ether oxygens (including phenoxy) is 1. The zero-order valence-electron chi connectivity index (χ0n) is 10.1. The Morgan fingerprint density at radius 2 is 2.18 bits per heavy atom. The van der Waals surface area contributed by atoms with Crippen LogP contribution in [0.1, 0.15) is 24.2 Å². The Kier molecular flexibility index (Phi) is 4.37. The fourth-order valence-corrected chi connectivity index (χ4v) is 1.35. The summed E-state index contributed by atoms with van der Waals surface area (Å²) in [4.78, 5) is 11.8. The van der Waals surface area contributed by atoms with E-state index in [9.17, 15) is 9.90 Å². The molecule has 4 nitrogen and oxygen atoms in total. The van der Waals surface area contributed by atoms with E-state index in [-0.39, 0.29) is 17.2 Å². The molecule has 0 saturated heterocycles. The molecule has 0 spiro atoms. The summed E-state index contributed by atoms with van der Waals surface area (Å²) < 4.78 is 5.18. The van der Waals surface area contributed by atoms with Crippen LogP contribution in [-0.4, -0.2) is 30.3 Å². The normalized spacial score (nSPS) is 11.3. The summed E-state index contributed by atoms with van der Waals surface area (Å²) >= 11 is 5.87. The lowest BCUT2D eigenvalue weighted by molar-refractivity contribution is 0.0229. The van der Waals surface area contributed by atoms with E-state index in [1.807, 2.05) is 13.8 Å². The lowest BCUT2D eigenvalue weighted by Gasteiger charge is -2.23. The highest BCUT2D eigenvalue weighted by Gasteiger charge is 2.19. The summed E-state index contributed by atoms with van der Waals surface area (Å²) in [6.07, 6.45) is 0. The van der Waals surface area contributed by atoms with Crippen molar-refractivity contribution >= 4 is 17.5 Å². The van der Waals surface area contributed by atoms with Crippen molar-refractivity contribution in [1.82, 2.24) is 5.32 Å². The highest BCUT2D eigenvalue weighted by Crippen LogP contribution is 2.21. The number of halogens is 1. The van der Waals surface area contributed by atoms with Gasteiger partial charge in [-0.15, -0.1) is 0 Å². The number of benzene rings is 1. The smallest absolute Gasteiger partial charge is 0.253 e. The molecule has 0 atom stereocenters. The summed E-state index contributed by atoms with van der Waals surface area (Å²) in [5.41, 5.74) is -0.197. The van der Waals surface area contributed by atoms with Crippen LogP contribution in [0.2, 0.25) is 5.02 Å². The van der Waals surface area contributed by atoms with Crippen molar-refractivity contribution in [3.05, 3.63) is 28.8 Å². The van der Waals surface area contributed by atoms with Gasteiger partial charge in [-0.25, -0.2) is 0 Å². The number of carbonyl (C=O) groups excluding carboxylic acids is 1. The minimum atomic E-state index is -0.445. The maximum absolute atomic E-state index is 11.8. The summed E-state index contributed by atoms with van der Waals surface area (Å²) in [6, 6.07) is 4.24. The van der Waals surface area contributed by atoms with Crippen molar-refractivity contribution < 1.29 is 14.6 Å². The molecule has 2 N–H and O–H groups in total. The molecule has 0 aliphatic rings. The van der Waals surface area contributed by atoms with Crippen molar-refractivity contribution in [2.75, 3.05) is 13.7 Å². The standard InChI is InChI=1S/C12H16ClNO3/c1-12(2,17-3)7-14-11(16)9-6-8(15)4-5-10(9)13/h4-6,15H,7H2,1-3H3,(H,14,16). The molecule has 1 aromatic rings. The number of hydrogen-bond donors (Lipinski definition) is 2. The van der Waals surface area contributed by atoms with Crippen LogP contribution in [0.25, 0.3) is 0 Å². The van der Waals surface area contributed by atoms with Crippen molar-refractivity contribution in [1.29, 1.82) is 0 Å². The monoisotopic (exact) mass is 257 g/mol. The predicted octanol–water partition coefficient (Wildman–Crippen LogP) is 2.20. The fraction of sp³-hybridized carbons (Fsp3) is 0.417. The largest absolute Gasteiger partial charge is 0.508 e. The van der Waals surface area contributed by atoms with Gasteiger partial charge in [0.25, 0.3) is 5.91 Å². The Morgan fingerprint density at radius 1 is 1.53 bits per heavy atom. The Bertz CT molecular complexity index is 418. The van der Waals surface area contributed by atoms with E-state index >= 15 is 0 Å². The molecule has 1 rings (SSSR count). The van der Waals surface area contributed by atoms with E-state index in [1.54, 1.807) is 7.11 Å². The zero-order valence-corrected chi connectivity index (χ0v) is 10.8. The van der Waals surface area contributed by atoms with E-state index in [1.165, 1.54) is 18.2 Å². The molecule has 0 radical (unpaired) electrons. The maximum Gasteiger partial charge on any atom is 0.253 e. The molecule has 94 valence electrons. The third kappa shape index (κ3) is 3.91. The van der Waals surface area contributed by atoms with Crippen LogP contribution >= 0.6 is 11.6 Å². The molecule has 0 heterocycles. The van der Waals surface area contributed by atoms with Gasteiger partial charge >= 0.3 is 0 Å². The highest BCUT2D eigenvalue weighted by atomic mass is 35.5. The first-order valence-electron chi connectivity index (χ1n) is 5.17. The highest BCUT2D eigenvalue weighted by molar-refractivity contribution is 6.33. The van der Waals surface area contributed by atoms with E-state index in [4.69, 9.17) is 16.3 Å². The minimum absolute atomic E-state index is 0.00514. The number of carbonyl (C=O) groups is 1. The molecular weight excluding hydrogens is 242 g/mol. The molecular formula is C12H16ClNO3. The maximum atomic E-state index is 11.8. The van der Waals surface area contributed by atoms with Gasteiger partial charge < -0.3 is 15.2 Å². The summed E-state index contributed by atoms with van der Waals surface area (Å²) in [5.74, 6) is -0.332. The molecule has 0 saturated carbocycles. The number of phenolic OH excluding ortho intramolecular Hbond substituents is 1. The molecule has 0 unspecified atom stereocenters. The predicted molar refractivity (Wildman–Crippen MR) is 66.5 cm³/mol. The first-order valence-corrected chi connectivity index (χ1v) is 5.55. The van der Waals surface area contributed by atoms with E-state index < -0.39 is 5.60 Å². The van der Waals surface area contributed by atoms with Crippen LogP contribution in [0.3, 0.4) is 0 Å². The molecule has 17 heavy (non-hydrogen) atoms. The van der Waals surface area contributed by atoms with E-state index in [0.29, 0.717) is 11.6 Å². The van der Waals surface area contributed by atoms with Gasteiger partial charge in [-0.1, -0.05) is 11.6 Å². The number of hydrogen-bond acceptors (Lipinski definition) is 3. The molecule has 0 aromatic heterocycles. The quantitative estimate of drug-likeness (QED) is 0.869. The second kappa shape index (κ2) is 5.38. The van der Waals surface area contributed by atoms with Crippen LogP contribution in [-0.2, 0) is 4.74 Å². The van der Waals surface area contributed by atoms with Crippen molar-refractivity contribution in [3.63, 3.8) is 0 Å². The molecule has 0 fully saturated rings. The van der Waals surface area contributed by atoms with Crippen molar-refractivity contribution in [2.24, 2.45) is 0 Å². The van der Waals surface area contributed by atoms with Crippen molar-refractivity contribution in [2.45, 2.75) is 19.4 Å². The Hall–Kier alpha value is -1.26. The minimum Gasteiger partial charge on any atom is -0.508 e. The lowest BCUT2D eigenvalue weighted by atomic mass is 10.1. The van der Waals surface area contributed by atoms with E-state index in [0.717, 1.165) is 0 Å². The molecule has 5 heteroatoms. The summed E-state index contributed by atoms with van der Waals surface area (Å²) in [7, 11) is 1.58. The topological polar surface area (TPSA) is 58.6 Å². The van der Waals surface area contributed by atoms with Gasteiger partial charge in [0.15, 0.2) is 0 Å². The number of rotatable bonds is 4. The SMILES string of the molecule is COC(C)(C)CNC(=O)c1cc(O)ccc1Cl. The number of phenols is 1.